The average Bonchev–Trinajstić information content (AvgIpc) is 2.94. The standard InChI is InChI=1S/C15H15ClN2O3/c1-17-6-11-4-14-15(21-9-20-14)5-13(11)19-8-10-2-3-18-7-12(10)16/h2-5,7,17H,6,8-9H2,1H3. The van der Waals surface area contributed by atoms with Crippen molar-refractivity contribution in [2.75, 3.05) is 13.8 Å². The Labute approximate surface area is 127 Å². The highest BCUT2D eigenvalue weighted by molar-refractivity contribution is 6.31. The fourth-order valence-electron chi connectivity index (χ4n) is 2.10. The molecule has 6 heteroatoms. The maximum absolute atomic E-state index is 6.09. The number of fused-ring (bicyclic) bond motifs is 1. The lowest BCUT2D eigenvalue weighted by atomic mass is 10.1. The Morgan fingerprint density at radius 2 is 2.10 bits per heavy atom. The first-order valence-electron chi connectivity index (χ1n) is 6.56. The van der Waals surface area contributed by atoms with Crippen LogP contribution in [0.25, 0.3) is 0 Å². The van der Waals surface area contributed by atoms with Crippen molar-refractivity contribution in [3.05, 3.63) is 46.7 Å². The Kier molecular flexibility index (Phi) is 4.13. The van der Waals surface area contributed by atoms with E-state index < -0.39 is 0 Å². The third-order valence-corrected chi connectivity index (χ3v) is 3.50. The van der Waals surface area contributed by atoms with Gasteiger partial charge in [0.05, 0.1) is 5.02 Å². The number of hydrogen-bond donors (Lipinski definition) is 1. The third-order valence-electron chi connectivity index (χ3n) is 3.16. The van der Waals surface area contributed by atoms with Crippen molar-refractivity contribution in [1.82, 2.24) is 10.3 Å². The minimum atomic E-state index is 0.244. The van der Waals surface area contributed by atoms with E-state index in [0.29, 0.717) is 23.9 Å². The third kappa shape index (κ3) is 3.04. The van der Waals surface area contributed by atoms with E-state index >= 15 is 0 Å². The van der Waals surface area contributed by atoms with Crippen LogP contribution in [0.2, 0.25) is 5.02 Å². The first-order chi connectivity index (χ1) is 10.3. The number of pyridine rings is 1. The number of rotatable bonds is 5. The van der Waals surface area contributed by atoms with Crippen molar-refractivity contribution in [1.29, 1.82) is 0 Å². The summed E-state index contributed by atoms with van der Waals surface area (Å²) in [5, 5.41) is 3.70. The summed E-state index contributed by atoms with van der Waals surface area (Å²) in [5.74, 6) is 2.20. The lowest BCUT2D eigenvalue weighted by Gasteiger charge is -2.13. The van der Waals surface area contributed by atoms with Crippen molar-refractivity contribution in [3.8, 4) is 17.2 Å². The molecular weight excluding hydrogens is 292 g/mol. The van der Waals surface area contributed by atoms with Gasteiger partial charge in [-0.3, -0.25) is 4.98 Å². The molecule has 3 rings (SSSR count). The molecule has 0 atom stereocenters. The molecule has 21 heavy (non-hydrogen) atoms. The van der Waals surface area contributed by atoms with Crippen LogP contribution >= 0.6 is 11.6 Å². The van der Waals surface area contributed by atoms with Gasteiger partial charge in [0.15, 0.2) is 11.5 Å². The van der Waals surface area contributed by atoms with Gasteiger partial charge in [-0.2, -0.15) is 0 Å². The van der Waals surface area contributed by atoms with Gasteiger partial charge >= 0.3 is 0 Å². The number of benzene rings is 1. The molecule has 0 amide bonds. The minimum Gasteiger partial charge on any atom is -0.488 e. The summed E-state index contributed by atoms with van der Waals surface area (Å²) in [5.41, 5.74) is 1.90. The molecule has 0 radical (unpaired) electrons. The van der Waals surface area contributed by atoms with E-state index in [1.807, 2.05) is 25.2 Å². The first-order valence-corrected chi connectivity index (χ1v) is 6.94. The van der Waals surface area contributed by atoms with Crippen molar-refractivity contribution in [3.63, 3.8) is 0 Å². The largest absolute Gasteiger partial charge is 0.488 e. The van der Waals surface area contributed by atoms with E-state index in [4.69, 9.17) is 25.8 Å². The van der Waals surface area contributed by atoms with Gasteiger partial charge < -0.3 is 19.5 Å². The Morgan fingerprint density at radius 3 is 2.86 bits per heavy atom. The van der Waals surface area contributed by atoms with Crippen molar-refractivity contribution >= 4 is 11.6 Å². The molecule has 0 aliphatic carbocycles. The molecule has 1 aromatic carbocycles. The predicted molar refractivity (Wildman–Crippen MR) is 78.9 cm³/mol. The highest BCUT2D eigenvalue weighted by Crippen LogP contribution is 2.38. The van der Waals surface area contributed by atoms with Crippen LogP contribution in [0.15, 0.2) is 30.6 Å². The van der Waals surface area contributed by atoms with E-state index in [1.54, 1.807) is 12.4 Å². The first kappa shape index (κ1) is 14.0. The van der Waals surface area contributed by atoms with E-state index in [2.05, 4.69) is 10.3 Å². The van der Waals surface area contributed by atoms with E-state index in [1.165, 1.54) is 0 Å². The second kappa shape index (κ2) is 6.20. The molecule has 0 saturated heterocycles. The SMILES string of the molecule is CNCc1cc2c(cc1OCc1ccncc1Cl)OCO2. The zero-order valence-electron chi connectivity index (χ0n) is 11.6. The summed E-state index contributed by atoms with van der Waals surface area (Å²) in [6.07, 6.45) is 3.30. The summed E-state index contributed by atoms with van der Waals surface area (Å²) in [6.45, 7) is 1.29. The molecule has 5 nitrogen and oxygen atoms in total. The summed E-state index contributed by atoms with van der Waals surface area (Å²) in [6, 6.07) is 5.62. The van der Waals surface area contributed by atoms with Gasteiger partial charge in [-0.15, -0.1) is 0 Å². The zero-order chi connectivity index (χ0) is 14.7. The van der Waals surface area contributed by atoms with Crippen LogP contribution in [0.3, 0.4) is 0 Å². The molecule has 0 bridgehead atoms. The number of nitrogens with zero attached hydrogens (tertiary/aromatic N) is 1. The average molecular weight is 307 g/mol. The van der Waals surface area contributed by atoms with Crippen LogP contribution in [-0.2, 0) is 13.2 Å². The second-order valence-corrected chi connectivity index (χ2v) is 5.01. The Balaban J connectivity index is 1.82. The smallest absolute Gasteiger partial charge is 0.231 e. The van der Waals surface area contributed by atoms with Gasteiger partial charge in [-0.1, -0.05) is 11.6 Å². The molecule has 1 aromatic heterocycles. The van der Waals surface area contributed by atoms with Crippen LogP contribution in [-0.4, -0.2) is 18.8 Å². The normalized spacial score (nSPS) is 12.5. The highest BCUT2D eigenvalue weighted by atomic mass is 35.5. The van der Waals surface area contributed by atoms with Gasteiger partial charge in [0, 0.05) is 36.1 Å². The zero-order valence-corrected chi connectivity index (χ0v) is 12.3. The maximum Gasteiger partial charge on any atom is 0.231 e. The number of aromatic nitrogens is 1. The lowest BCUT2D eigenvalue weighted by molar-refractivity contribution is 0.173. The molecule has 2 heterocycles. The molecular formula is C15H15ClN2O3. The summed E-state index contributed by atoms with van der Waals surface area (Å²) in [7, 11) is 1.88. The molecule has 0 spiro atoms. The topological polar surface area (TPSA) is 52.6 Å². The molecule has 2 aromatic rings. The number of hydrogen-bond acceptors (Lipinski definition) is 5. The molecule has 0 saturated carbocycles. The van der Waals surface area contributed by atoms with Gasteiger partial charge in [0.1, 0.15) is 12.4 Å². The Morgan fingerprint density at radius 1 is 1.29 bits per heavy atom. The molecule has 1 aliphatic rings. The Bertz CT molecular complexity index is 649. The maximum atomic E-state index is 6.09. The van der Waals surface area contributed by atoms with Crippen LogP contribution < -0.4 is 19.5 Å². The molecule has 0 fully saturated rings. The van der Waals surface area contributed by atoms with Crippen LogP contribution in [0.4, 0.5) is 0 Å². The van der Waals surface area contributed by atoms with Gasteiger partial charge in [-0.05, 0) is 19.2 Å². The summed E-state index contributed by atoms with van der Waals surface area (Å²) in [4.78, 5) is 3.96. The number of halogens is 1. The second-order valence-electron chi connectivity index (χ2n) is 4.60. The lowest BCUT2D eigenvalue weighted by Crippen LogP contribution is -2.08. The van der Waals surface area contributed by atoms with E-state index in [-0.39, 0.29) is 6.79 Å². The summed E-state index contributed by atoms with van der Waals surface area (Å²) >= 11 is 6.09. The number of nitrogens with one attached hydrogen (secondary N) is 1. The quantitative estimate of drug-likeness (QED) is 0.920. The summed E-state index contributed by atoms with van der Waals surface area (Å²) < 4.78 is 16.7. The van der Waals surface area contributed by atoms with Crippen LogP contribution in [0.1, 0.15) is 11.1 Å². The van der Waals surface area contributed by atoms with E-state index in [9.17, 15) is 0 Å². The van der Waals surface area contributed by atoms with Gasteiger partial charge in [-0.25, -0.2) is 0 Å². The van der Waals surface area contributed by atoms with Gasteiger partial charge in [0.2, 0.25) is 6.79 Å². The van der Waals surface area contributed by atoms with Crippen molar-refractivity contribution in [2.45, 2.75) is 13.2 Å². The molecule has 1 N–H and O–H groups in total. The predicted octanol–water partition coefficient (Wildman–Crippen LogP) is 2.76. The van der Waals surface area contributed by atoms with Crippen molar-refractivity contribution < 1.29 is 14.2 Å². The monoisotopic (exact) mass is 306 g/mol. The molecule has 1 aliphatic heterocycles. The van der Waals surface area contributed by atoms with Crippen LogP contribution in [0.5, 0.6) is 17.2 Å². The molecule has 0 unspecified atom stereocenters. The van der Waals surface area contributed by atoms with E-state index in [0.717, 1.165) is 22.6 Å². The highest BCUT2D eigenvalue weighted by Gasteiger charge is 2.18. The van der Waals surface area contributed by atoms with Gasteiger partial charge in [0.25, 0.3) is 0 Å². The Hall–Kier alpha value is -1.98. The number of ether oxygens (including phenoxy) is 3. The minimum absolute atomic E-state index is 0.244. The van der Waals surface area contributed by atoms with Crippen LogP contribution in [0, 0.1) is 0 Å². The van der Waals surface area contributed by atoms with Crippen molar-refractivity contribution in [2.24, 2.45) is 0 Å². The molecule has 110 valence electrons. The fraction of sp³-hybridized carbons (Fsp3) is 0.267. The fourth-order valence-corrected chi connectivity index (χ4v) is 2.28.